The lowest BCUT2D eigenvalue weighted by molar-refractivity contribution is -0.137. The molecule has 0 bridgehead atoms. The van der Waals surface area contributed by atoms with Gasteiger partial charge in [0.1, 0.15) is 11.0 Å². The number of hydrogen-bond donors (Lipinski definition) is 2. The van der Waals surface area contributed by atoms with Crippen LogP contribution >= 0.6 is 34.7 Å². The topological polar surface area (TPSA) is 135 Å². The smallest absolute Gasteiger partial charge is 0.416 e. The first kappa shape index (κ1) is 33.3. The van der Waals surface area contributed by atoms with Crippen molar-refractivity contribution in [1.82, 2.24) is 4.98 Å². The molecule has 48 heavy (non-hydrogen) atoms. The average molecular weight is 718 g/mol. The molecule has 0 aliphatic carbocycles. The highest BCUT2D eigenvalue weighted by molar-refractivity contribution is 8.00. The van der Waals surface area contributed by atoms with Gasteiger partial charge in [0, 0.05) is 27.1 Å². The molecule has 10 nitrogen and oxygen atoms in total. The van der Waals surface area contributed by atoms with Gasteiger partial charge >= 0.3 is 17.0 Å². The van der Waals surface area contributed by atoms with Crippen molar-refractivity contribution in [3.05, 3.63) is 103 Å². The Morgan fingerprint density at radius 3 is 2.48 bits per heavy atom. The first-order valence-electron chi connectivity index (χ1n) is 14.3. The van der Waals surface area contributed by atoms with Crippen LogP contribution in [0.2, 0.25) is 5.02 Å². The molecule has 16 heteroatoms. The van der Waals surface area contributed by atoms with E-state index in [-0.39, 0.29) is 23.1 Å². The molecule has 3 atom stereocenters. The van der Waals surface area contributed by atoms with Crippen molar-refractivity contribution in [3.8, 4) is 5.75 Å². The minimum absolute atomic E-state index is 0.132. The highest BCUT2D eigenvalue weighted by atomic mass is 35.5. The fraction of sp³-hybridized carbons (Fsp3) is 0.219. The Balaban J connectivity index is 1.30. The standard InChI is InChI=1S/C32H23ClF3N3O7S2/c1-2-45-30(43)15-6-9-18(10-7-15)37-22(40)14-46-21-11-8-17(33)13-20(21)23-24-26(47-27-25(23)48-31(44)38-27)29(42)39(28(24)41)19-5-3-4-16(12-19)32(34,35)36/h3-13,23-24,26H,2,14H2,1H3,(H,37,40)(H,38,44)/t23-,24-,26+/m0/s1. The van der Waals surface area contributed by atoms with Gasteiger partial charge in [0.25, 0.3) is 5.91 Å². The highest BCUT2D eigenvalue weighted by Gasteiger charge is 2.57. The summed E-state index contributed by atoms with van der Waals surface area (Å²) in [5, 5.41) is 2.12. The highest BCUT2D eigenvalue weighted by Crippen LogP contribution is 2.55. The summed E-state index contributed by atoms with van der Waals surface area (Å²) in [7, 11) is 0. The number of carbonyl (C=O) groups excluding carboxylic acids is 4. The average Bonchev–Trinajstić information content (AvgIpc) is 3.54. The summed E-state index contributed by atoms with van der Waals surface area (Å²) in [4.78, 5) is 68.4. The number of rotatable bonds is 8. The molecule has 2 N–H and O–H groups in total. The molecule has 3 amide bonds. The van der Waals surface area contributed by atoms with Gasteiger partial charge in [-0.3, -0.25) is 19.2 Å². The number of thiazole rings is 1. The number of alkyl halides is 3. The van der Waals surface area contributed by atoms with Crippen LogP contribution in [-0.4, -0.2) is 47.1 Å². The van der Waals surface area contributed by atoms with Gasteiger partial charge in [0.05, 0.1) is 34.4 Å². The molecule has 248 valence electrons. The van der Waals surface area contributed by atoms with Gasteiger partial charge in [-0.1, -0.05) is 40.8 Å². The summed E-state index contributed by atoms with van der Waals surface area (Å²) in [5.74, 6) is -4.57. The number of thioether (sulfide) groups is 1. The predicted octanol–water partition coefficient (Wildman–Crippen LogP) is 6.10. The fourth-order valence-electron chi connectivity index (χ4n) is 5.57. The number of nitrogens with one attached hydrogen (secondary N) is 2. The number of aromatic amines is 1. The Morgan fingerprint density at radius 1 is 1.02 bits per heavy atom. The van der Waals surface area contributed by atoms with Crippen LogP contribution in [0.25, 0.3) is 0 Å². The molecule has 3 heterocycles. The first-order valence-corrected chi connectivity index (χ1v) is 16.4. The number of hydrogen-bond acceptors (Lipinski definition) is 9. The van der Waals surface area contributed by atoms with E-state index in [2.05, 4.69) is 10.3 Å². The maximum absolute atomic E-state index is 14.0. The van der Waals surface area contributed by atoms with Gasteiger partial charge in [0.15, 0.2) is 6.61 Å². The van der Waals surface area contributed by atoms with E-state index in [1.165, 1.54) is 48.5 Å². The molecular weight excluding hydrogens is 695 g/mol. The molecule has 2 aliphatic rings. The monoisotopic (exact) mass is 717 g/mol. The first-order chi connectivity index (χ1) is 22.8. The van der Waals surface area contributed by atoms with Crippen molar-refractivity contribution in [2.24, 2.45) is 5.92 Å². The van der Waals surface area contributed by atoms with E-state index in [4.69, 9.17) is 21.1 Å². The number of carbonyl (C=O) groups is 4. The number of anilines is 2. The quantitative estimate of drug-likeness (QED) is 0.165. The largest absolute Gasteiger partial charge is 0.483 e. The van der Waals surface area contributed by atoms with Crippen LogP contribution in [-0.2, 0) is 25.3 Å². The zero-order chi connectivity index (χ0) is 34.3. The number of esters is 1. The summed E-state index contributed by atoms with van der Waals surface area (Å²) >= 11 is 8.15. The number of benzene rings is 3. The molecule has 1 fully saturated rings. The van der Waals surface area contributed by atoms with E-state index in [1.54, 1.807) is 6.92 Å². The summed E-state index contributed by atoms with van der Waals surface area (Å²) < 4.78 is 51.4. The second-order valence-electron chi connectivity index (χ2n) is 10.6. The maximum Gasteiger partial charge on any atom is 0.416 e. The summed E-state index contributed by atoms with van der Waals surface area (Å²) in [6, 6.07) is 14.4. The van der Waals surface area contributed by atoms with E-state index in [1.807, 2.05) is 0 Å². The maximum atomic E-state index is 14.0. The predicted molar refractivity (Wildman–Crippen MR) is 172 cm³/mol. The lowest BCUT2D eigenvalue weighted by Crippen LogP contribution is -2.32. The van der Waals surface area contributed by atoms with E-state index < -0.39 is 64.0 Å². The van der Waals surface area contributed by atoms with Gasteiger partial charge in [0.2, 0.25) is 11.8 Å². The molecule has 4 aromatic rings. The Hall–Kier alpha value is -4.60. The molecule has 0 spiro atoms. The Bertz CT molecular complexity index is 2000. The van der Waals surface area contributed by atoms with Crippen LogP contribution in [0.3, 0.4) is 0 Å². The second kappa shape index (κ2) is 13.1. The van der Waals surface area contributed by atoms with Crippen LogP contribution < -0.4 is 19.8 Å². The summed E-state index contributed by atoms with van der Waals surface area (Å²) in [6.07, 6.45) is -4.71. The van der Waals surface area contributed by atoms with Crippen LogP contribution in [0.15, 0.2) is 76.6 Å². The van der Waals surface area contributed by atoms with Gasteiger partial charge in [-0.2, -0.15) is 13.2 Å². The third-order valence-electron chi connectivity index (χ3n) is 7.60. The minimum Gasteiger partial charge on any atom is -0.483 e. The van der Waals surface area contributed by atoms with Crippen molar-refractivity contribution in [3.63, 3.8) is 0 Å². The fourth-order valence-corrected chi connectivity index (χ4v) is 8.25. The van der Waals surface area contributed by atoms with Crippen molar-refractivity contribution in [1.29, 1.82) is 0 Å². The van der Waals surface area contributed by atoms with Crippen LogP contribution in [0, 0.1) is 5.92 Å². The van der Waals surface area contributed by atoms with Crippen LogP contribution in [0.1, 0.15) is 39.2 Å². The lowest BCUT2D eigenvalue weighted by atomic mass is 9.82. The number of amides is 3. The molecule has 3 aromatic carbocycles. The number of aromatic nitrogens is 1. The van der Waals surface area contributed by atoms with Gasteiger partial charge in [-0.15, -0.1) is 0 Å². The Labute approximate surface area is 283 Å². The third kappa shape index (κ3) is 6.44. The Morgan fingerprint density at radius 2 is 1.77 bits per heavy atom. The molecule has 2 aliphatic heterocycles. The lowest BCUT2D eigenvalue weighted by Gasteiger charge is -2.31. The number of imide groups is 1. The van der Waals surface area contributed by atoms with Crippen LogP contribution in [0.5, 0.6) is 5.75 Å². The number of H-pyrrole nitrogens is 1. The molecule has 1 aromatic heterocycles. The van der Waals surface area contributed by atoms with E-state index in [9.17, 15) is 37.1 Å². The number of halogens is 4. The van der Waals surface area contributed by atoms with Crippen molar-refractivity contribution in [2.75, 3.05) is 23.4 Å². The minimum atomic E-state index is -4.71. The van der Waals surface area contributed by atoms with Gasteiger partial charge in [-0.05, 0) is 67.6 Å². The van der Waals surface area contributed by atoms with Crippen molar-refractivity contribution < 1.29 is 41.8 Å². The van der Waals surface area contributed by atoms with Crippen molar-refractivity contribution in [2.45, 2.75) is 29.3 Å². The molecular formula is C32H23ClF3N3O7S2. The summed E-state index contributed by atoms with van der Waals surface area (Å²) in [6.45, 7) is 1.40. The zero-order valence-electron chi connectivity index (χ0n) is 24.6. The number of ether oxygens (including phenoxy) is 2. The second-order valence-corrected chi connectivity index (χ2v) is 13.2. The molecule has 6 rings (SSSR count). The van der Waals surface area contributed by atoms with Crippen LogP contribution in [0.4, 0.5) is 24.5 Å². The van der Waals surface area contributed by atoms with E-state index in [0.29, 0.717) is 26.7 Å². The number of nitrogens with zero attached hydrogens (tertiary/aromatic N) is 1. The van der Waals surface area contributed by atoms with E-state index in [0.717, 1.165) is 46.2 Å². The molecule has 0 radical (unpaired) electrons. The molecule has 1 saturated heterocycles. The van der Waals surface area contributed by atoms with E-state index >= 15 is 0 Å². The van der Waals surface area contributed by atoms with Crippen molar-refractivity contribution >= 4 is 69.8 Å². The number of fused-ring (bicyclic) bond motifs is 2. The SMILES string of the molecule is CCOC(=O)c1ccc(NC(=O)COc2ccc(Cl)cc2[C@@H]2c3sc(=O)[nH]c3S[C@H]3C(=O)N(c4cccc(C(F)(F)F)c4)C(=O)[C@@H]23)cc1. The summed E-state index contributed by atoms with van der Waals surface area (Å²) in [5.41, 5.74) is -0.278. The normalized spacial score (nSPS) is 18.7. The van der Waals surface area contributed by atoms with Gasteiger partial charge < -0.3 is 19.8 Å². The third-order valence-corrected chi connectivity index (χ3v) is 10.2. The molecule has 0 unspecified atom stereocenters. The zero-order valence-corrected chi connectivity index (χ0v) is 27.0. The van der Waals surface area contributed by atoms with Gasteiger partial charge in [-0.25, -0.2) is 9.69 Å². The Kier molecular flexibility index (Phi) is 9.11. The molecule has 0 saturated carbocycles.